The number of ether oxygens (including phenoxy) is 1. The Hall–Kier alpha value is -3.15. The molecule has 208 valence electrons. The molecule has 2 aromatic rings. The Morgan fingerprint density at radius 2 is 1.87 bits per heavy atom. The number of halogens is 1. The third kappa shape index (κ3) is 5.48. The minimum absolute atomic E-state index is 0.129. The zero-order valence-electron chi connectivity index (χ0n) is 22.4. The first-order valence-electron chi connectivity index (χ1n) is 13.2. The first-order valence-corrected chi connectivity index (χ1v) is 14.1. The molecule has 0 aliphatic carbocycles. The number of hydrogen-bond donors (Lipinski definition) is 1. The van der Waals surface area contributed by atoms with Gasteiger partial charge in [-0.05, 0) is 30.7 Å². The summed E-state index contributed by atoms with van der Waals surface area (Å²) in [4.78, 5) is 49.7. The third-order valence-corrected chi connectivity index (χ3v) is 8.65. The molecule has 4 atom stereocenters. The number of nitrogens with zero attached hydrogens (tertiary/aromatic N) is 4. The van der Waals surface area contributed by atoms with Crippen molar-refractivity contribution in [3.8, 4) is 11.3 Å². The molecule has 3 fully saturated rings. The number of Topliss-reactive ketones (excluding diaryl/α,β-unsaturated/α-hetero) is 1. The van der Waals surface area contributed by atoms with Crippen molar-refractivity contribution in [2.24, 2.45) is 5.92 Å². The van der Waals surface area contributed by atoms with Crippen LogP contribution in [0.15, 0.2) is 41.8 Å². The normalized spacial score (nSPS) is 24.2. The number of ketones is 1. The Balaban J connectivity index is 1.29. The van der Waals surface area contributed by atoms with Gasteiger partial charge in [0.2, 0.25) is 5.91 Å². The lowest BCUT2D eigenvalue weighted by Crippen LogP contribution is -2.53. The highest BCUT2D eigenvalue weighted by Gasteiger charge is 2.53. The van der Waals surface area contributed by atoms with Gasteiger partial charge >= 0.3 is 0 Å². The van der Waals surface area contributed by atoms with Crippen LogP contribution in [0.5, 0.6) is 0 Å². The summed E-state index contributed by atoms with van der Waals surface area (Å²) < 4.78 is 19.8. The number of anilines is 1. The first kappa shape index (κ1) is 27.4. The van der Waals surface area contributed by atoms with Gasteiger partial charge in [-0.2, -0.15) is 0 Å². The van der Waals surface area contributed by atoms with Crippen molar-refractivity contribution in [2.75, 3.05) is 51.3 Å². The van der Waals surface area contributed by atoms with E-state index in [4.69, 9.17) is 9.72 Å². The molecular weight excluding hydrogens is 521 g/mol. The highest BCUT2D eigenvalue weighted by Crippen LogP contribution is 2.31. The van der Waals surface area contributed by atoms with Crippen molar-refractivity contribution in [2.45, 2.75) is 38.2 Å². The Morgan fingerprint density at radius 3 is 2.54 bits per heavy atom. The quantitative estimate of drug-likeness (QED) is 0.525. The van der Waals surface area contributed by atoms with E-state index in [0.29, 0.717) is 11.1 Å². The van der Waals surface area contributed by atoms with Gasteiger partial charge in [-0.25, -0.2) is 9.37 Å². The molecule has 1 aromatic carbocycles. The van der Waals surface area contributed by atoms with Crippen LogP contribution in [0.4, 0.5) is 9.52 Å². The van der Waals surface area contributed by atoms with Crippen molar-refractivity contribution >= 4 is 34.1 Å². The second kappa shape index (κ2) is 11.1. The maximum Gasteiger partial charge on any atom is 0.252 e. The van der Waals surface area contributed by atoms with E-state index in [9.17, 15) is 18.8 Å². The van der Waals surface area contributed by atoms with Gasteiger partial charge in [0.1, 0.15) is 31.0 Å². The SMILES string of the molecule is C=C(C(C)C)[C@H](NC(=O)c1ccc(-c2csc(N3CCN(C)CC3)n2)cc1)C(=O)N1C[C@H](F)[C@H]2OCC(=O)[C@H]21. The molecule has 0 radical (unpaired) electrons. The molecule has 0 unspecified atom stereocenters. The molecule has 2 amide bonds. The van der Waals surface area contributed by atoms with Gasteiger partial charge in [-0.3, -0.25) is 14.4 Å². The predicted molar refractivity (Wildman–Crippen MR) is 148 cm³/mol. The maximum absolute atomic E-state index is 14.5. The molecule has 1 N–H and O–H groups in total. The predicted octanol–water partition coefficient (Wildman–Crippen LogP) is 2.39. The molecule has 0 spiro atoms. The Bertz CT molecular complexity index is 1260. The van der Waals surface area contributed by atoms with Crippen LogP contribution in [0.25, 0.3) is 11.3 Å². The first-order chi connectivity index (χ1) is 18.6. The summed E-state index contributed by atoms with van der Waals surface area (Å²) in [6, 6.07) is 4.98. The van der Waals surface area contributed by atoms with E-state index >= 15 is 0 Å². The molecule has 1 aromatic heterocycles. The number of carbonyl (C=O) groups is 3. The second-order valence-electron chi connectivity index (χ2n) is 10.7. The summed E-state index contributed by atoms with van der Waals surface area (Å²) in [6.07, 6.45) is -2.41. The molecule has 3 aliphatic rings. The van der Waals surface area contributed by atoms with Crippen LogP contribution in [0.2, 0.25) is 0 Å². The van der Waals surface area contributed by atoms with Crippen LogP contribution in [0.3, 0.4) is 0 Å². The molecule has 5 rings (SSSR count). The zero-order chi connectivity index (χ0) is 27.8. The summed E-state index contributed by atoms with van der Waals surface area (Å²) in [5, 5.41) is 5.78. The van der Waals surface area contributed by atoms with Crippen LogP contribution in [0.1, 0.15) is 24.2 Å². The fourth-order valence-electron chi connectivity index (χ4n) is 5.18. The van der Waals surface area contributed by atoms with E-state index in [1.54, 1.807) is 23.5 Å². The summed E-state index contributed by atoms with van der Waals surface area (Å²) >= 11 is 1.60. The highest BCUT2D eigenvalue weighted by molar-refractivity contribution is 7.14. The summed E-state index contributed by atoms with van der Waals surface area (Å²) in [5.41, 5.74) is 2.58. The smallest absolute Gasteiger partial charge is 0.252 e. The number of fused-ring (bicyclic) bond motifs is 1. The molecule has 39 heavy (non-hydrogen) atoms. The van der Waals surface area contributed by atoms with E-state index in [0.717, 1.165) is 42.6 Å². The molecule has 0 saturated carbocycles. The Morgan fingerprint density at radius 1 is 1.18 bits per heavy atom. The number of benzene rings is 1. The van der Waals surface area contributed by atoms with Crippen LogP contribution in [-0.4, -0.2) is 103 Å². The molecule has 3 aliphatic heterocycles. The highest BCUT2D eigenvalue weighted by atomic mass is 32.1. The van der Waals surface area contributed by atoms with Gasteiger partial charge in [-0.15, -0.1) is 11.3 Å². The second-order valence-corrected chi connectivity index (χ2v) is 11.5. The van der Waals surface area contributed by atoms with E-state index in [-0.39, 0.29) is 24.9 Å². The average Bonchev–Trinajstić information content (AvgIpc) is 3.65. The van der Waals surface area contributed by atoms with Gasteiger partial charge in [0.05, 0.1) is 12.2 Å². The number of hydrogen-bond acceptors (Lipinski definition) is 8. The van der Waals surface area contributed by atoms with Crippen LogP contribution >= 0.6 is 11.3 Å². The van der Waals surface area contributed by atoms with E-state index < -0.39 is 36.2 Å². The van der Waals surface area contributed by atoms with Gasteiger partial charge in [0.15, 0.2) is 10.9 Å². The van der Waals surface area contributed by atoms with Gasteiger partial charge in [-0.1, -0.05) is 32.6 Å². The Labute approximate surface area is 231 Å². The number of nitrogens with one attached hydrogen (secondary N) is 1. The zero-order valence-corrected chi connectivity index (χ0v) is 23.2. The standard InChI is InChI=1S/C28H34FN5O4S/c1-16(2)17(3)23(27(37)34-13-20(29)25-24(34)22(35)14-38-25)31-26(36)19-7-5-18(6-8-19)21-15-39-28(30-21)33-11-9-32(4)10-12-33/h5-8,15-16,20,23-25H,3,9-14H2,1-2,4H3,(H,31,36)/t20-,23-,24+,25+/m0/s1. The number of carbonyl (C=O) groups excluding carboxylic acids is 3. The van der Waals surface area contributed by atoms with Gasteiger partial charge in [0, 0.05) is 42.7 Å². The minimum atomic E-state index is -1.45. The minimum Gasteiger partial charge on any atom is -0.365 e. The lowest BCUT2D eigenvalue weighted by Gasteiger charge is -2.32. The van der Waals surface area contributed by atoms with Crippen molar-refractivity contribution in [3.05, 3.63) is 47.4 Å². The number of aromatic nitrogens is 1. The fraction of sp³-hybridized carbons (Fsp3) is 0.500. The molecule has 0 bridgehead atoms. The van der Waals surface area contributed by atoms with Crippen LogP contribution < -0.4 is 10.2 Å². The average molecular weight is 556 g/mol. The number of likely N-dealkylation sites (tertiary alicyclic amines) is 1. The molecule has 3 saturated heterocycles. The Kier molecular flexibility index (Phi) is 7.84. The number of rotatable bonds is 7. The van der Waals surface area contributed by atoms with Crippen molar-refractivity contribution in [1.82, 2.24) is 20.1 Å². The monoisotopic (exact) mass is 555 g/mol. The number of alkyl halides is 1. The largest absolute Gasteiger partial charge is 0.365 e. The number of likely N-dealkylation sites (N-methyl/N-ethyl adjacent to an activating group) is 1. The lowest BCUT2D eigenvalue weighted by atomic mass is 9.95. The molecule has 4 heterocycles. The summed E-state index contributed by atoms with van der Waals surface area (Å²) in [5.74, 6) is -1.47. The summed E-state index contributed by atoms with van der Waals surface area (Å²) in [7, 11) is 2.12. The van der Waals surface area contributed by atoms with Crippen molar-refractivity contribution < 1.29 is 23.5 Å². The van der Waals surface area contributed by atoms with Gasteiger partial charge in [0.25, 0.3) is 5.91 Å². The lowest BCUT2D eigenvalue weighted by molar-refractivity contribution is -0.137. The van der Waals surface area contributed by atoms with Crippen LogP contribution in [-0.2, 0) is 14.3 Å². The molecule has 9 nitrogen and oxygen atoms in total. The molecular formula is C28H34FN5O4S. The van der Waals surface area contributed by atoms with E-state index in [1.807, 2.05) is 31.4 Å². The van der Waals surface area contributed by atoms with E-state index in [1.165, 1.54) is 4.90 Å². The molecule has 11 heteroatoms. The van der Waals surface area contributed by atoms with Crippen molar-refractivity contribution in [3.63, 3.8) is 0 Å². The number of piperazine rings is 1. The number of amides is 2. The number of thiazole rings is 1. The maximum atomic E-state index is 14.5. The fourth-order valence-corrected chi connectivity index (χ4v) is 6.07. The third-order valence-electron chi connectivity index (χ3n) is 7.75. The van der Waals surface area contributed by atoms with Crippen LogP contribution in [0, 0.1) is 5.92 Å². The topological polar surface area (TPSA) is 95.1 Å². The van der Waals surface area contributed by atoms with Gasteiger partial charge < -0.3 is 24.8 Å². The summed E-state index contributed by atoms with van der Waals surface area (Å²) in [6.45, 7) is 11.2. The van der Waals surface area contributed by atoms with E-state index in [2.05, 4.69) is 28.7 Å². The van der Waals surface area contributed by atoms with Crippen molar-refractivity contribution in [1.29, 1.82) is 0 Å².